The van der Waals surface area contributed by atoms with Gasteiger partial charge in [-0.1, -0.05) is 91.4 Å². The standard InChI is InChI=1S/C34H56N2O6/c1-4-5-6-7-8-9-10-13-18-34(19-14-20-34)32(42)36-27-16-12-11-15-24(27)26(22-28(38)39)29-25(17-21-35-29)30(40)31(41)33(2,3)23-37/h17,21,24,26-27,31,35,37,41H,4-16,18-20,22-23H2,1-3H3,(H,36,42)(H,38,39). The van der Waals surface area contributed by atoms with Gasteiger partial charge >= 0.3 is 5.97 Å². The summed E-state index contributed by atoms with van der Waals surface area (Å²) in [5.74, 6) is -2.05. The van der Waals surface area contributed by atoms with Crippen LogP contribution >= 0.6 is 0 Å². The van der Waals surface area contributed by atoms with E-state index in [2.05, 4.69) is 17.2 Å². The first-order valence-electron chi connectivity index (χ1n) is 16.6. The second kappa shape index (κ2) is 16.0. The summed E-state index contributed by atoms with van der Waals surface area (Å²) in [6, 6.07) is 1.42. The molecule has 1 amide bonds. The van der Waals surface area contributed by atoms with E-state index in [1.54, 1.807) is 26.1 Å². The van der Waals surface area contributed by atoms with Crippen molar-refractivity contribution in [2.75, 3.05) is 6.61 Å². The van der Waals surface area contributed by atoms with Crippen LogP contribution in [0, 0.1) is 16.7 Å². The Hall–Kier alpha value is -2.19. The number of ketones is 1. The van der Waals surface area contributed by atoms with E-state index in [-0.39, 0.29) is 41.9 Å². The summed E-state index contributed by atoms with van der Waals surface area (Å²) in [5, 5.41) is 33.8. The number of Topliss-reactive ketones (excluding diaryl/α,β-unsaturated/α-hetero) is 1. The van der Waals surface area contributed by atoms with Crippen molar-refractivity contribution in [2.24, 2.45) is 16.7 Å². The fourth-order valence-corrected chi connectivity index (χ4v) is 7.08. The van der Waals surface area contributed by atoms with Crippen molar-refractivity contribution in [1.29, 1.82) is 0 Å². The number of amides is 1. The van der Waals surface area contributed by atoms with Gasteiger partial charge in [-0.2, -0.15) is 0 Å². The lowest BCUT2D eigenvalue weighted by Gasteiger charge is -2.44. The normalized spacial score (nSPS) is 21.7. The number of carboxylic acids is 1. The smallest absolute Gasteiger partial charge is 0.304 e. The van der Waals surface area contributed by atoms with Gasteiger partial charge in [0.2, 0.25) is 5.91 Å². The van der Waals surface area contributed by atoms with Gasteiger partial charge in [0.15, 0.2) is 5.78 Å². The molecule has 8 heteroatoms. The first-order valence-corrected chi connectivity index (χ1v) is 16.6. The third-order valence-electron chi connectivity index (χ3n) is 10.2. The van der Waals surface area contributed by atoms with Gasteiger partial charge in [0.25, 0.3) is 0 Å². The van der Waals surface area contributed by atoms with Crippen LogP contribution in [0.2, 0.25) is 0 Å². The molecule has 0 aliphatic heterocycles. The van der Waals surface area contributed by atoms with Gasteiger partial charge in [0.05, 0.1) is 13.0 Å². The average molecular weight is 589 g/mol. The van der Waals surface area contributed by atoms with Crippen LogP contribution in [0.15, 0.2) is 12.3 Å². The molecule has 4 unspecified atom stereocenters. The lowest BCUT2D eigenvalue weighted by Crippen LogP contribution is -2.52. The predicted molar refractivity (Wildman–Crippen MR) is 164 cm³/mol. The Morgan fingerprint density at radius 1 is 1.02 bits per heavy atom. The Morgan fingerprint density at radius 3 is 2.26 bits per heavy atom. The van der Waals surface area contributed by atoms with Crippen LogP contribution < -0.4 is 5.32 Å². The first-order chi connectivity index (χ1) is 20.1. The minimum absolute atomic E-state index is 0.116. The maximum atomic E-state index is 13.8. The maximum Gasteiger partial charge on any atom is 0.304 e. The van der Waals surface area contributed by atoms with Gasteiger partial charge in [-0.15, -0.1) is 0 Å². The Kier molecular flexibility index (Phi) is 13.1. The Morgan fingerprint density at radius 2 is 1.67 bits per heavy atom. The van der Waals surface area contributed by atoms with Crippen molar-refractivity contribution in [3.05, 3.63) is 23.5 Å². The van der Waals surface area contributed by atoms with Gasteiger partial charge in [-0.05, 0) is 44.1 Å². The van der Waals surface area contributed by atoms with Gasteiger partial charge < -0.3 is 25.6 Å². The highest BCUT2D eigenvalue weighted by molar-refractivity contribution is 6.01. The monoisotopic (exact) mass is 588 g/mol. The summed E-state index contributed by atoms with van der Waals surface area (Å²) in [4.78, 5) is 42.4. The highest BCUT2D eigenvalue weighted by Gasteiger charge is 2.46. The summed E-state index contributed by atoms with van der Waals surface area (Å²) in [6.45, 7) is 5.10. The fourth-order valence-electron chi connectivity index (χ4n) is 7.08. The second-order valence-electron chi connectivity index (χ2n) is 13.8. The van der Waals surface area contributed by atoms with Gasteiger partial charge in [-0.3, -0.25) is 14.4 Å². The lowest BCUT2D eigenvalue weighted by atomic mass is 9.64. The Bertz CT molecular complexity index is 1010. The molecule has 3 rings (SSSR count). The van der Waals surface area contributed by atoms with Crippen molar-refractivity contribution < 1.29 is 29.7 Å². The van der Waals surface area contributed by atoms with E-state index in [1.807, 2.05) is 0 Å². The fraction of sp³-hybridized carbons (Fsp3) is 0.794. The van der Waals surface area contributed by atoms with E-state index in [0.29, 0.717) is 5.69 Å². The number of unbranched alkanes of at least 4 members (excludes halogenated alkanes) is 7. The third-order valence-corrected chi connectivity index (χ3v) is 10.2. The number of aromatic amines is 1. The number of nitrogens with one attached hydrogen (secondary N) is 2. The van der Waals surface area contributed by atoms with Gasteiger partial charge in [-0.25, -0.2) is 0 Å². The van der Waals surface area contributed by atoms with Crippen molar-refractivity contribution in [3.63, 3.8) is 0 Å². The molecule has 4 atom stereocenters. The molecule has 0 aromatic carbocycles. The molecule has 0 saturated heterocycles. The number of carbonyl (C=O) groups excluding carboxylic acids is 2. The number of hydrogen-bond acceptors (Lipinski definition) is 5. The number of H-pyrrole nitrogens is 1. The van der Waals surface area contributed by atoms with Crippen molar-refractivity contribution >= 4 is 17.7 Å². The molecular weight excluding hydrogens is 532 g/mol. The molecular formula is C34H56N2O6. The van der Waals surface area contributed by atoms with Gasteiger partial charge in [0.1, 0.15) is 6.10 Å². The van der Waals surface area contributed by atoms with E-state index < -0.39 is 29.2 Å². The maximum absolute atomic E-state index is 13.8. The minimum Gasteiger partial charge on any atom is -0.481 e. The number of aliphatic carboxylic acids is 1. The molecule has 2 saturated carbocycles. The molecule has 2 aliphatic rings. The van der Waals surface area contributed by atoms with Crippen LogP contribution in [-0.2, 0) is 9.59 Å². The number of carboxylic acid groups (broad SMARTS) is 1. The molecule has 0 spiro atoms. The van der Waals surface area contributed by atoms with Crippen LogP contribution in [0.4, 0.5) is 0 Å². The topological polar surface area (TPSA) is 140 Å². The van der Waals surface area contributed by atoms with E-state index in [4.69, 9.17) is 0 Å². The number of aromatic nitrogens is 1. The van der Waals surface area contributed by atoms with Crippen molar-refractivity contribution in [3.8, 4) is 0 Å². The molecule has 238 valence electrons. The zero-order valence-electron chi connectivity index (χ0n) is 26.3. The largest absolute Gasteiger partial charge is 0.481 e. The first kappa shape index (κ1) is 34.3. The van der Waals surface area contributed by atoms with E-state index in [9.17, 15) is 29.7 Å². The van der Waals surface area contributed by atoms with E-state index in [1.165, 1.54) is 38.5 Å². The number of aliphatic hydroxyl groups is 2. The van der Waals surface area contributed by atoms with E-state index >= 15 is 0 Å². The average Bonchev–Trinajstić information content (AvgIpc) is 3.43. The summed E-state index contributed by atoms with van der Waals surface area (Å²) in [5.41, 5.74) is -0.587. The molecule has 5 N–H and O–H groups in total. The number of carbonyl (C=O) groups is 3. The van der Waals surface area contributed by atoms with Crippen molar-refractivity contribution in [1.82, 2.24) is 10.3 Å². The van der Waals surface area contributed by atoms with Crippen molar-refractivity contribution in [2.45, 2.75) is 148 Å². The number of aliphatic hydroxyl groups excluding tert-OH is 2. The Labute approximate surface area is 252 Å². The lowest BCUT2D eigenvalue weighted by molar-refractivity contribution is -0.138. The zero-order chi connectivity index (χ0) is 30.8. The molecule has 1 heterocycles. The molecule has 1 aromatic rings. The second-order valence-corrected chi connectivity index (χ2v) is 13.8. The molecule has 8 nitrogen and oxygen atoms in total. The SMILES string of the molecule is CCCCCCCCCCC1(C(=O)NC2CCCCC2C(CC(=O)O)c2[nH]ccc2C(=O)C(O)C(C)(C)CO)CCC1. The van der Waals surface area contributed by atoms with Crippen LogP contribution in [-0.4, -0.2) is 56.7 Å². The predicted octanol–water partition coefficient (Wildman–Crippen LogP) is 6.51. The minimum atomic E-state index is -1.43. The highest BCUT2D eigenvalue weighted by Crippen LogP contribution is 2.47. The van der Waals surface area contributed by atoms with Crippen LogP contribution in [0.5, 0.6) is 0 Å². The number of hydrogen-bond donors (Lipinski definition) is 5. The summed E-state index contributed by atoms with van der Waals surface area (Å²) in [7, 11) is 0. The number of rotatable bonds is 19. The summed E-state index contributed by atoms with van der Waals surface area (Å²) < 4.78 is 0. The van der Waals surface area contributed by atoms with Gasteiger partial charge in [0, 0.05) is 40.2 Å². The molecule has 0 bridgehead atoms. The van der Waals surface area contributed by atoms with E-state index in [0.717, 1.165) is 64.2 Å². The quantitative estimate of drug-likeness (QED) is 0.0922. The molecule has 2 fully saturated rings. The summed E-state index contributed by atoms with van der Waals surface area (Å²) >= 11 is 0. The van der Waals surface area contributed by atoms with Crippen LogP contribution in [0.1, 0.15) is 152 Å². The van der Waals surface area contributed by atoms with Crippen LogP contribution in [0.25, 0.3) is 0 Å². The third kappa shape index (κ3) is 8.68. The summed E-state index contributed by atoms with van der Waals surface area (Å²) in [6.07, 6.45) is 17.2. The molecule has 42 heavy (non-hydrogen) atoms. The zero-order valence-corrected chi connectivity index (χ0v) is 26.3. The molecule has 0 radical (unpaired) electrons. The van der Waals surface area contributed by atoms with Crippen LogP contribution in [0.3, 0.4) is 0 Å². The molecule has 1 aromatic heterocycles. The molecule has 2 aliphatic carbocycles. The highest BCUT2D eigenvalue weighted by atomic mass is 16.4. The Balaban J connectivity index is 1.72.